The Balaban J connectivity index is 1.61. The molecule has 0 atom stereocenters. The summed E-state index contributed by atoms with van der Waals surface area (Å²) in [6.45, 7) is 0. The predicted octanol–water partition coefficient (Wildman–Crippen LogP) is 4.29. The van der Waals surface area contributed by atoms with E-state index in [-0.39, 0.29) is 17.7 Å². The number of para-hydroxylation sites is 1. The second-order valence-corrected chi connectivity index (χ2v) is 6.04. The lowest BCUT2D eigenvalue weighted by molar-refractivity contribution is 0.100. The molecule has 7 heteroatoms. The summed E-state index contributed by atoms with van der Waals surface area (Å²) in [5.41, 5.74) is 2.16. The smallest absolute Gasteiger partial charge is 0.320 e. The first-order valence-corrected chi connectivity index (χ1v) is 7.97. The molecular weight excluding hydrogens is 372 g/mol. The molecule has 4 rings (SSSR count). The van der Waals surface area contributed by atoms with E-state index in [1.165, 1.54) is 0 Å². The van der Waals surface area contributed by atoms with Crippen LogP contribution in [0.1, 0.15) is 16.2 Å². The quantitative estimate of drug-likeness (QED) is 0.514. The molecule has 0 aliphatic rings. The lowest BCUT2D eigenvalue weighted by Gasteiger charge is -2.00. The topological polar surface area (TPSA) is 83.8 Å². The van der Waals surface area contributed by atoms with E-state index in [2.05, 4.69) is 36.4 Å². The summed E-state index contributed by atoms with van der Waals surface area (Å²) >= 11 is 3.39. The molecule has 0 aliphatic heterocycles. The van der Waals surface area contributed by atoms with E-state index in [1.54, 1.807) is 6.20 Å². The van der Waals surface area contributed by atoms with Gasteiger partial charge in [-0.25, -0.2) is 0 Å². The zero-order valence-electron chi connectivity index (χ0n) is 12.3. The van der Waals surface area contributed by atoms with E-state index >= 15 is 0 Å². The molecule has 2 aromatic carbocycles. The monoisotopic (exact) mass is 382 g/mol. The lowest BCUT2D eigenvalue weighted by atomic mass is 10.1. The highest BCUT2D eigenvalue weighted by molar-refractivity contribution is 9.10. The van der Waals surface area contributed by atoms with Crippen molar-refractivity contribution in [2.24, 2.45) is 0 Å². The molecule has 0 fully saturated rings. The Morgan fingerprint density at radius 1 is 1.12 bits per heavy atom. The fourth-order valence-electron chi connectivity index (χ4n) is 2.43. The number of fused-ring (bicyclic) bond motifs is 1. The predicted molar refractivity (Wildman–Crippen MR) is 93.5 cm³/mol. The first-order chi connectivity index (χ1) is 11.7. The van der Waals surface area contributed by atoms with E-state index < -0.39 is 0 Å². The molecule has 0 radical (unpaired) electrons. The first kappa shape index (κ1) is 14.6. The third-order valence-corrected chi connectivity index (χ3v) is 4.02. The van der Waals surface area contributed by atoms with Crippen LogP contribution in [0.15, 0.2) is 63.6 Å². The Kier molecular flexibility index (Phi) is 3.62. The Hall–Kier alpha value is -2.93. The van der Waals surface area contributed by atoms with Gasteiger partial charge < -0.3 is 14.7 Å². The standard InChI is InChI=1S/C17H11BrN4O2/c18-10-4-3-5-11(8-10)20-17-22-21-16(24-17)15(23)13-9-19-14-7-2-1-6-12(13)14/h1-9,19H,(H,20,22). The number of aromatic nitrogens is 3. The van der Waals surface area contributed by atoms with E-state index in [0.29, 0.717) is 5.56 Å². The van der Waals surface area contributed by atoms with Crippen molar-refractivity contribution in [3.8, 4) is 0 Å². The summed E-state index contributed by atoms with van der Waals surface area (Å²) < 4.78 is 6.37. The molecule has 6 nitrogen and oxygen atoms in total. The number of hydrogen-bond acceptors (Lipinski definition) is 5. The van der Waals surface area contributed by atoms with Crippen molar-refractivity contribution in [3.05, 3.63) is 70.7 Å². The van der Waals surface area contributed by atoms with E-state index in [9.17, 15) is 4.79 Å². The number of carbonyl (C=O) groups is 1. The molecule has 0 spiro atoms. The van der Waals surface area contributed by atoms with Crippen LogP contribution in [0.25, 0.3) is 10.9 Å². The second-order valence-electron chi connectivity index (χ2n) is 5.12. The summed E-state index contributed by atoms with van der Waals surface area (Å²) in [6, 6.07) is 15.2. The maximum atomic E-state index is 12.6. The number of nitrogens with zero attached hydrogens (tertiary/aromatic N) is 2. The molecule has 0 aliphatic carbocycles. The third-order valence-electron chi connectivity index (χ3n) is 3.53. The Bertz CT molecular complexity index is 1040. The molecule has 24 heavy (non-hydrogen) atoms. The molecule has 2 heterocycles. The number of aromatic amines is 1. The molecule has 118 valence electrons. The largest absolute Gasteiger partial charge is 0.400 e. The Morgan fingerprint density at radius 2 is 2.00 bits per heavy atom. The van der Waals surface area contributed by atoms with Gasteiger partial charge in [-0.2, -0.15) is 0 Å². The minimum Gasteiger partial charge on any atom is -0.400 e. The van der Waals surface area contributed by atoms with Gasteiger partial charge in [-0.15, -0.1) is 5.10 Å². The SMILES string of the molecule is O=C(c1nnc(Nc2cccc(Br)c2)o1)c1c[nH]c2ccccc12. The van der Waals surface area contributed by atoms with Crippen LogP contribution in [-0.4, -0.2) is 21.0 Å². The van der Waals surface area contributed by atoms with Crippen molar-refractivity contribution in [1.29, 1.82) is 0 Å². The van der Waals surface area contributed by atoms with Crippen molar-refractivity contribution >= 4 is 44.3 Å². The van der Waals surface area contributed by atoms with Gasteiger partial charge in [0, 0.05) is 27.3 Å². The maximum Gasteiger partial charge on any atom is 0.320 e. The first-order valence-electron chi connectivity index (χ1n) is 7.17. The van der Waals surface area contributed by atoms with Crippen LogP contribution in [0, 0.1) is 0 Å². The maximum absolute atomic E-state index is 12.6. The number of H-pyrrole nitrogens is 1. The van der Waals surface area contributed by atoms with Gasteiger partial charge in [0.15, 0.2) is 0 Å². The van der Waals surface area contributed by atoms with Gasteiger partial charge in [0.1, 0.15) is 0 Å². The molecule has 4 aromatic rings. The fraction of sp³-hybridized carbons (Fsp3) is 0. The minimum absolute atomic E-state index is 0.0581. The number of nitrogens with one attached hydrogen (secondary N) is 2. The van der Waals surface area contributed by atoms with Crippen molar-refractivity contribution in [3.63, 3.8) is 0 Å². The zero-order chi connectivity index (χ0) is 16.5. The highest BCUT2D eigenvalue weighted by Crippen LogP contribution is 2.23. The number of halogens is 1. The Morgan fingerprint density at radius 3 is 2.88 bits per heavy atom. The Labute approximate surface area is 145 Å². The van der Waals surface area contributed by atoms with Crippen LogP contribution in [0.5, 0.6) is 0 Å². The van der Waals surface area contributed by atoms with Crippen LogP contribution in [-0.2, 0) is 0 Å². The summed E-state index contributed by atoms with van der Waals surface area (Å²) in [6.07, 6.45) is 1.65. The molecule has 0 saturated heterocycles. The van der Waals surface area contributed by atoms with Crippen LogP contribution in [0.2, 0.25) is 0 Å². The highest BCUT2D eigenvalue weighted by Gasteiger charge is 2.20. The van der Waals surface area contributed by atoms with Crippen LogP contribution < -0.4 is 5.32 Å². The van der Waals surface area contributed by atoms with Gasteiger partial charge in [-0.05, 0) is 24.3 Å². The van der Waals surface area contributed by atoms with Crippen molar-refractivity contribution in [2.45, 2.75) is 0 Å². The molecular formula is C17H11BrN4O2. The summed E-state index contributed by atoms with van der Waals surface area (Å²) in [7, 11) is 0. The van der Waals surface area contributed by atoms with Gasteiger partial charge in [0.25, 0.3) is 11.7 Å². The highest BCUT2D eigenvalue weighted by atomic mass is 79.9. The fourth-order valence-corrected chi connectivity index (χ4v) is 2.83. The second kappa shape index (κ2) is 5.93. The number of carbonyl (C=O) groups excluding carboxylic acids is 1. The molecule has 2 N–H and O–H groups in total. The van der Waals surface area contributed by atoms with E-state index in [1.807, 2.05) is 48.5 Å². The minimum atomic E-state index is -0.317. The average Bonchev–Trinajstić information content (AvgIpc) is 3.21. The van der Waals surface area contributed by atoms with Crippen molar-refractivity contribution < 1.29 is 9.21 Å². The van der Waals surface area contributed by atoms with Gasteiger partial charge >= 0.3 is 6.01 Å². The van der Waals surface area contributed by atoms with E-state index in [0.717, 1.165) is 21.1 Å². The number of anilines is 2. The summed E-state index contributed by atoms with van der Waals surface area (Å²) in [4.78, 5) is 15.6. The zero-order valence-corrected chi connectivity index (χ0v) is 13.9. The van der Waals surface area contributed by atoms with E-state index in [4.69, 9.17) is 4.42 Å². The summed E-state index contributed by atoms with van der Waals surface area (Å²) in [5.74, 6) is -0.375. The van der Waals surface area contributed by atoms with Crippen LogP contribution in [0.4, 0.5) is 11.7 Å². The number of ketones is 1. The lowest BCUT2D eigenvalue weighted by Crippen LogP contribution is -2.00. The molecule has 2 aromatic heterocycles. The van der Waals surface area contributed by atoms with Gasteiger partial charge in [0.2, 0.25) is 0 Å². The molecule has 0 bridgehead atoms. The van der Waals surface area contributed by atoms with Gasteiger partial charge in [-0.3, -0.25) is 4.79 Å². The van der Waals surface area contributed by atoms with Crippen molar-refractivity contribution in [2.75, 3.05) is 5.32 Å². The number of hydrogen-bond donors (Lipinski definition) is 2. The summed E-state index contributed by atoms with van der Waals surface area (Å²) in [5, 5.41) is 11.5. The normalized spacial score (nSPS) is 10.9. The van der Waals surface area contributed by atoms with Gasteiger partial charge in [-0.1, -0.05) is 45.3 Å². The molecule has 0 unspecified atom stereocenters. The number of benzene rings is 2. The van der Waals surface area contributed by atoms with Gasteiger partial charge in [0.05, 0.1) is 5.56 Å². The van der Waals surface area contributed by atoms with Crippen LogP contribution >= 0.6 is 15.9 Å². The molecule has 0 amide bonds. The third kappa shape index (κ3) is 2.69. The molecule has 0 saturated carbocycles. The van der Waals surface area contributed by atoms with Crippen molar-refractivity contribution in [1.82, 2.24) is 15.2 Å². The number of rotatable bonds is 4. The van der Waals surface area contributed by atoms with Crippen LogP contribution in [0.3, 0.4) is 0 Å². The average molecular weight is 383 g/mol.